The molecule has 0 aromatic heterocycles. The molecule has 0 aliphatic carbocycles. The molecule has 1 atom stereocenters. The highest BCUT2D eigenvalue weighted by molar-refractivity contribution is 5.36. The minimum absolute atomic E-state index is 0.191. The van der Waals surface area contributed by atoms with Crippen LogP contribution < -0.4 is 14.8 Å². The van der Waals surface area contributed by atoms with Crippen LogP contribution in [0.4, 0.5) is 0 Å². The van der Waals surface area contributed by atoms with E-state index < -0.39 is 0 Å². The summed E-state index contributed by atoms with van der Waals surface area (Å²) in [6, 6.07) is 26.8. The van der Waals surface area contributed by atoms with E-state index in [2.05, 4.69) is 49.5 Å². The molecule has 0 spiro atoms. The normalized spacial score (nSPS) is 11.8. The van der Waals surface area contributed by atoms with Crippen LogP contribution in [0.3, 0.4) is 0 Å². The highest BCUT2D eigenvalue weighted by Crippen LogP contribution is 2.25. The lowest BCUT2D eigenvalue weighted by molar-refractivity contribution is 0.215. The van der Waals surface area contributed by atoms with Crippen molar-refractivity contribution in [3.05, 3.63) is 95.6 Å². The minimum atomic E-state index is 0.191. The first kappa shape index (κ1) is 19.0. The van der Waals surface area contributed by atoms with Gasteiger partial charge >= 0.3 is 0 Å². The third-order valence-electron chi connectivity index (χ3n) is 4.43. The van der Waals surface area contributed by atoms with Gasteiger partial charge in [-0.25, -0.2) is 0 Å². The van der Waals surface area contributed by atoms with Gasteiger partial charge in [0.1, 0.15) is 24.7 Å². The lowest BCUT2D eigenvalue weighted by Gasteiger charge is -2.19. The van der Waals surface area contributed by atoms with Crippen LogP contribution in [0.25, 0.3) is 0 Å². The second-order valence-corrected chi connectivity index (χ2v) is 6.64. The fourth-order valence-electron chi connectivity index (χ4n) is 3.00. The minimum Gasteiger partial charge on any atom is -0.490 e. The largest absolute Gasteiger partial charge is 0.490 e. The van der Waals surface area contributed by atoms with E-state index in [9.17, 15) is 0 Å². The van der Waals surface area contributed by atoms with Gasteiger partial charge in [0.05, 0.1) is 0 Å². The zero-order valence-corrected chi connectivity index (χ0v) is 16.0. The van der Waals surface area contributed by atoms with Gasteiger partial charge in [0, 0.05) is 18.2 Å². The van der Waals surface area contributed by atoms with Crippen molar-refractivity contribution >= 4 is 0 Å². The molecule has 3 heteroatoms. The predicted octanol–water partition coefficient (Wildman–Crippen LogP) is 5.30. The number of hydrogen-bond acceptors (Lipinski definition) is 3. The maximum atomic E-state index is 5.99. The second kappa shape index (κ2) is 9.79. The van der Waals surface area contributed by atoms with Crippen LogP contribution in [0.2, 0.25) is 0 Å². The Bertz CT molecular complexity index is 833. The zero-order valence-electron chi connectivity index (χ0n) is 16.0. The van der Waals surface area contributed by atoms with Crippen LogP contribution in [0, 0.1) is 6.92 Å². The van der Waals surface area contributed by atoms with E-state index in [0.29, 0.717) is 13.2 Å². The van der Waals surface area contributed by atoms with Gasteiger partial charge in [0.2, 0.25) is 0 Å². The van der Waals surface area contributed by atoms with Crippen molar-refractivity contribution in [3.8, 4) is 11.5 Å². The van der Waals surface area contributed by atoms with Gasteiger partial charge in [-0.05, 0) is 37.6 Å². The Balaban J connectivity index is 1.53. The van der Waals surface area contributed by atoms with Crippen molar-refractivity contribution in [3.63, 3.8) is 0 Å². The average molecular weight is 361 g/mol. The molecule has 0 bridgehead atoms. The summed E-state index contributed by atoms with van der Waals surface area (Å²) in [4.78, 5) is 0. The van der Waals surface area contributed by atoms with Crippen molar-refractivity contribution in [1.82, 2.24) is 5.32 Å². The number of rotatable bonds is 9. The molecule has 3 aromatic carbocycles. The Kier molecular flexibility index (Phi) is 6.89. The molecule has 0 fully saturated rings. The third kappa shape index (κ3) is 5.87. The lowest BCUT2D eigenvalue weighted by Crippen LogP contribution is -2.19. The van der Waals surface area contributed by atoms with Crippen molar-refractivity contribution in [2.24, 2.45) is 0 Å². The van der Waals surface area contributed by atoms with Crippen molar-refractivity contribution in [1.29, 1.82) is 0 Å². The smallest absolute Gasteiger partial charge is 0.124 e. The molecule has 140 valence electrons. The Morgan fingerprint density at radius 3 is 2.37 bits per heavy atom. The molecule has 0 heterocycles. The molecule has 0 saturated carbocycles. The van der Waals surface area contributed by atoms with Crippen LogP contribution in [0.5, 0.6) is 11.5 Å². The van der Waals surface area contributed by atoms with Gasteiger partial charge in [0.25, 0.3) is 0 Å². The van der Waals surface area contributed by atoms with Gasteiger partial charge in [-0.1, -0.05) is 66.2 Å². The molecule has 1 unspecified atom stereocenters. The number of hydrogen-bond donors (Lipinski definition) is 1. The first-order valence-corrected chi connectivity index (χ1v) is 9.41. The summed E-state index contributed by atoms with van der Waals surface area (Å²) >= 11 is 0. The van der Waals surface area contributed by atoms with E-state index in [4.69, 9.17) is 9.47 Å². The van der Waals surface area contributed by atoms with Crippen LogP contribution >= 0.6 is 0 Å². The Hall–Kier alpha value is -2.78. The predicted molar refractivity (Wildman–Crippen MR) is 110 cm³/mol. The summed E-state index contributed by atoms with van der Waals surface area (Å²) in [6.07, 6.45) is 0. The molecule has 1 N–H and O–H groups in total. The SMILES string of the molecule is Cc1cccc(CNC(C)c2ccccc2OCCOc2ccccc2)c1. The molecule has 0 amide bonds. The highest BCUT2D eigenvalue weighted by atomic mass is 16.5. The van der Waals surface area contributed by atoms with Gasteiger partial charge in [-0.2, -0.15) is 0 Å². The van der Waals surface area contributed by atoms with E-state index in [1.807, 2.05) is 48.5 Å². The van der Waals surface area contributed by atoms with E-state index in [1.165, 1.54) is 11.1 Å². The van der Waals surface area contributed by atoms with E-state index in [1.54, 1.807) is 0 Å². The standard InChI is InChI=1S/C24H27NO2/c1-19-9-8-10-21(17-19)18-25-20(2)23-13-6-7-14-24(23)27-16-15-26-22-11-4-3-5-12-22/h3-14,17,20,25H,15-16,18H2,1-2H3. The molecule has 3 aromatic rings. The maximum absolute atomic E-state index is 5.99. The number of ether oxygens (including phenoxy) is 2. The van der Waals surface area contributed by atoms with Gasteiger partial charge in [-0.15, -0.1) is 0 Å². The first-order chi connectivity index (χ1) is 13.2. The topological polar surface area (TPSA) is 30.5 Å². The highest BCUT2D eigenvalue weighted by Gasteiger charge is 2.11. The van der Waals surface area contributed by atoms with Gasteiger partial charge < -0.3 is 14.8 Å². The molecule has 3 nitrogen and oxygen atoms in total. The van der Waals surface area contributed by atoms with Gasteiger partial charge in [0.15, 0.2) is 0 Å². The van der Waals surface area contributed by atoms with E-state index >= 15 is 0 Å². The zero-order chi connectivity index (χ0) is 18.9. The summed E-state index contributed by atoms with van der Waals surface area (Å²) in [7, 11) is 0. The van der Waals surface area contributed by atoms with E-state index in [0.717, 1.165) is 23.6 Å². The van der Waals surface area contributed by atoms with Crippen molar-refractivity contribution < 1.29 is 9.47 Å². The maximum Gasteiger partial charge on any atom is 0.124 e. The molecule has 0 aliphatic heterocycles. The molecule has 27 heavy (non-hydrogen) atoms. The van der Waals surface area contributed by atoms with Crippen LogP contribution in [0.15, 0.2) is 78.9 Å². The molecular formula is C24H27NO2. The third-order valence-corrected chi connectivity index (χ3v) is 4.43. The molecular weight excluding hydrogens is 334 g/mol. The number of benzene rings is 3. The Morgan fingerprint density at radius 1 is 0.815 bits per heavy atom. The van der Waals surface area contributed by atoms with Crippen molar-refractivity contribution in [2.75, 3.05) is 13.2 Å². The molecule has 3 rings (SSSR count). The number of nitrogens with one attached hydrogen (secondary N) is 1. The average Bonchev–Trinajstić information content (AvgIpc) is 2.70. The van der Waals surface area contributed by atoms with E-state index in [-0.39, 0.29) is 6.04 Å². The monoisotopic (exact) mass is 361 g/mol. The molecule has 0 saturated heterocycles. The fourth-order valence-corrected chi connectivity index (χ4v) is 3.00. The summed E-state index contributed by atoms with van der Waals surface area (Å²) in [6.45, 7) is 6.14. The fraction of sp³-hybridized carbons (Fsp3) is 0.250. The molecule has 0 radical (unpaired) electrons. The molecule has 0 aliphatic rings. The van der Waals surface area contributed by atoms with Crippen LogP contribution in [0.1, 0.15) is 29.7 Å². The van der Waals surface area contributed by atoms with Crippen LogP contribution in [-0.2, 0) is 6.54 Å². The Morgan fingerprint density at radius 2 is 1.56 bits per heavy atom. The summed E-state index contributed by atoms with van der Waals surface area (Å²) in [5, 5.41) is 3.59. The summed E-state index contributed by atoms with van der Waals surface area (Å²) < 4.78 is 11.7. The quantitative estimate of drug-likeness (QED) is 0.524. The Labute approximate surface area is 162 Å². The summed E-state index contributed by atoms with van der Waals surface area (Å²) in [5.74, 6) is 1.76. The summed E-state index contributed by atoms with van der Waals surface area (Å²) in [5.41, 5.74) is 3.73. The number of aryl methyl sites for hydroxylation is 1. The second-order valence-electron chi connectivity index (χ2n) is 6.64. The lowest BCUT2D eigenvalue weighted by atomic mass is 10.1. The number of para-hydroxylation sites is 2. The van der Waals surface area contributed by atoms with Crippen molar-refractivity contribution in [2.45, 2.75) is 26.4 Å². The van der Waals surface area contributed by atoms with Gasteiger partial charge in [-0.3, -0.25) is 0 Å². The first-order valence-electron chi connectivity index (χ1n) is 9.41. The van der Waals surface area contributed by atoms with Crippen LogP contribution in [-0.4, -0.2) is 13.2 Å².